The molecule has 0 amide bonds. The average Bonchev–Trinajstić information content (AvgIpc) is 2.62. The summed E-state index contributed by atoms with van der Waals surface area (Å²) in [6.07, 6.45) is 15.9. The Morgan fingerprint density at radius 2 is 1.38 bits per heavy atom. The lowest BCUT2D eigenvalue weighted by molar-refractivity contribution is -0.145. The minimum Gasteiger partial charge on any atom is -0.481 e. The molecule has 4 nitrogen and oxygen atoms in total. The van der Waals surface area contributed by atoms with Crippen molar-refractivity contribution in [1.29, 1.82) is 0 Å². The monoisotopic (exact) mass is 371 g/mol. The van der Waals surface area contributed by atoms with Gasteiger partial charge >= 0.3 is 5.97 Å². The van der Waals surface area contributed by atoms with Crippen LogP contribution in [0.3, 0.4) is 0 Å². The molecule has 2 atom stereocenters. The maximum absolute atomic E-state index is 11.9. The molecule has 0 bridgehead atoms. The fourth-order valence-corrected chi connectivity index (χ4v) is 3.84. The molecule has 0 aliphatic carbocycles. The molecule has 156 valence electrons. The molecule has 0 heterocycles. The van der Waals surface area contributed by atoms with Gasteiger partial charge in [-0.05, 0) is 19.8 Å². The van der Waals surface area contributed by atoms with E-state index in [9.17, 15) is 15.0 Å². The zero-order valence-corrected chi connectivity index (χ0v) is 17.7. The molecule has 2 unspecified atom stereocenters. The van der Waals surface area contributed by atoms with E-state index in [0.29, 0.717) is 6.54 Å². The first-order valence-corrected chi connectivity index (χ1v) is 11.1. The van der Waals surface area contributed by atoms with Crippen molar-refractivity contribution in [2.45, 2.75) is 116 Å². The van der Waals surface area contributed by atoms with Crippen LogP contribution in [0.5, 0.6) is 0 Å². The van der Waals surface area contributed by atoms with Gasteiger partial charge in [0.05, 0.1) is 12.5 Å². The predicted octanol–water partition coefficient (Wildman–Crippen LogP) is 5.53. The van der Waals surface area contributed by atoms with Gasteiger partial charge in [0.15, 0.2) is 0 Å². The molecular formula is C22H45NO3. The van der Waals surface area contributed by atoms with Crippen LogP contribution in [0.1, 0.15) is 111 Å². The molecule has 0 saturated carbocycles. The van der Waals surface area contributed by atoms with Crippen molar-refractivity contribution >= 4 is 5.97 Å². The summed E-state index contributed by atoms with van der Waals surface area (Å²) in [4.78, 5) is 11.9. The smallest absolute Gasteiger partial charge is 0.308 e. The zero-order valence-electron chi connectivity index (χ0n) is 17.7. The SMILES string of the molecule is CCCCCCCCC(C(=O)O)C(C)(CCCCCCCC)NCCO. The number of hydrogen-bond acceptors (Lipinski definition) is 3. The second kappa shape index (κ2) is 16.6. The van der Waals surface area contributed by atoms with Crippen molar-refractivity contribution in [3.05, 3.63) is 0 Å². The Balaban J connectivity index is 4.52. The molecule has 0 aliphatic heterocycles. The summed E-state index contributed by atoms with van der Waals surface area (Å²) < 4.78 is 0. The Morgan fingerprint density at radius 3 is 1.88 bits per heavy atom. The topological polar surface area (TPSA) is 69.6 Å². The number of aliphatic hydroxyl groups excluding tert-OH is 1. The highest BCUT2D eigenvalue weighted by Crippen LogP contribution is 2.29. The van der Waals surface area contributed by atoms with Crippen LogP contribution in [0, 0.1) is 5.92 Å². The van der Waals surface area contributed by atoms with Crippen LogP contribution in [0.15, 0.2) is 0 Å². The number of carboxylic acid groups (broad SMARTS) is 1. The number of hydrogen-bond donors (Lipinski definition) is 3. The first kappa shape index (κ1) is 25.4. The molecule has 0 aromatic rings. The van der Waals surface area contributed by atoms with Crippen LogP contribution in [0.25, 0.3) is 0 Å². The Bertz CT molecular complexity index is 335. The number of unbranched alkanes of at least 4 members (excludes halogenated alkanes) is 10. The van der Waals surface area contributed by atoms with Gasteiger partial charge in [0, 0.05) is 12.1 Å². The van der Waals surface area contributed by atoms with E-state index in [1.165, 1.54) is 57.8 Å². The number of carbonyl (C=O) groups is 1. The fourth-order valence-electron chi connectivity index (χ4n) is 3.84. The summed E-state index contributed by atoms with van der Waals surface area (Å²) in [5.41, 5.74) is -0.428. The summed E-state index contributed by atoms with van der Waals surface area (Å²) in [5, 5.41) is 22.4. The van der Waals surface area contributed by atoms with Crippen LogP contribution in [0.2, 0.25) is 0 Å². The van der Waals surface area contributed by atoms with Crippen molar-refractivity contribution in [2.24, 2.45) is 5.92 Å². The summed E-state index contributed by atoms with van der Waals surface area (Å²) in [6, 6.07) is 0. The minimum atomic E-state index is -0.697. The summed E-state index contributed by atoms with van der Waals surface area (Å²) in [6.45, 7) is 6.99. The van der Waals surface area contributed by atoms with Crippen molar-refractivity contribution in [1.82, 2.24) is 5.32 Å². The Morgan fingerprint density at radius 1 is 0.885 bits per heavy atom. The van der Waals surface area contributed by atoms with Crippen molar-refractivity contribution < 1.29 is 15.0 Å². The summed E-state index contributed by atoms with van der Waals surface area (Å²) in [5.74, 6) is -1.08. The van der Waals surface area contributed by atoms with E-state index in [2.05, 4.69) is 19.2 Å². The van der Waals surface area contributed by atoms with E-state index in [0.717, 1.165) is 32.1 Å². The largest absolute Gasteiger partial charge is 0.481 e. The molecule has 0 aromatic heterocycles. The third-order valence-electron chi connectivity index (χ3n) is 5.60. The van der Waals surface area contributed by atoms with Crippen LogP contribution in [0.4, 0.5) is 0 Å². The maximum atomic E-state index is 11.9. The Hall–Kier alpha value is -0.610. The predicted molar refractivity (Wildman–Crippen MR) is 111 cm³/mol. The van der Waals surface area contributed by atoms with Crippen LogP contribution >= 0.6 is 0 Å². The lowest BCUT2D eigenvalue weighted by Crippen LogP contribution is -2.52. The number of β-amino-alcohol motifs (C(OH)–C–C–N with tert-alkyl or cyclic N) is 1. The molecule has 4 heteroatoms. The normalized spacial score (nSPS) is 14.9. The highest BCUT2D eigenvalue weighted by molar-refractivity contribution is 5.71. The van der Waals surface area contributed by atoms with Gasteiger partial charge in [-0.15, -0.1) is 0 Å². The highest BCUT2D eigenvalue weighted by atomic mass is 16.4. The Kier molecular flexibility index (Phi) is 16.2. The maximum Gasteiger partial charge on any atom is 0.308 e. The number of rotatable bonds is 19. The molecule has 0 aliphatic rings. The first-order valence-electron chi connectivity index (χ1n) is 11.1. The molecule has 0 rings (SSSR count). The Labute approximate surface area is 162 Å². The molecule has 26 heavy (non-hydrogen) atoms. The fraction of sp³-hybridized carbons (Fsp3) is 0.955. The molecule has 0 aromatic carbocycles. The van der Waals surface area contributed by atoms with Crippen LogP contribution in [-0.2, 0) is 4.79 Å². The zero-order chi connectivity index (χ0) is 19.7. The lowest BCUT2D eigenvalue weighted by atomic mass is 9.78. The third-order valence-corrected chi connectivity index (χ3v) is 5.60. The van der Waals surface area contributed by atoms with E-state index in [-0.39, 0.29) is 12.5 Å². The summed E-state index contributed by atoms with van der Waals surface area (Å²) >= 11 is 0. The van der Waals surface area contributed by atoms with E-state index in [1.807, 2.05) is 6.92 Å². The molecule has 0 fully saturated rings. The number of nitrogens with one attached hydrogen (secondary N) is 1. The average molecular weight is 372 g/mol. The molecule has 0 saturated heterocycles. The van der Waals surface area contributed by atoms with E-state index in [4.69, 9.17) is 0 Å². The van der Waals surface area contributed by atoms with Gasteiger partial charge in [0.2, 0.25) is 0 Å². The van der Waals surface area contributed by atoms with Crippen molar-refractivity contribution in [2.75, 3.05) is 13.2 Å². The van der Waals surface area contributed by atoms with Gasteiger partial charge in [0.1, 0.15) is 0 Å². The first-order chi connectivity index (χ1) is 12.5. The third kappa shape index (κ3) is 11.9. The number of aliphatic carboxylic acids is 1. The van der Waals surface area contributed by atoms with Gasteiger partial charge in [-0.1, -0.05) is 90.9 Å². The molecule has 3 N–H and O–H groups in total. The highest BCUT2D eigenvalue weighted by Gasteiger charge is 2.37. The second-order valence-electron chi connectivity index (χ2n) is 8.03. The van der Waals surface area contributed by atoms with Crippen LogP contribution < -0.4 is 5.32 Å². The molecule has 0 spiro atoms. The number of carboxylic acids is 1. The van der Waals surface area contributed by atoms with Gasteiger partial charge in [-0.3, -0.25) is 4.79 Å². The standard InChI is InChI=1S/C22H45NO3/c1-4-6-8-10-12-14-16-20(21(25)26)22(3,23-18-19-24)17-15-13-11-9-7-5-2/h20,23-24H,4-19H2,1-3H3,(H,25,26). The molecular weight excluding hydrogens is 326 g/mol. The lowest BCUT2D eigenvalue weighted by Gasteiger charge is -2.37. The summed E-state index contributed by atoms with van der Waals surface area (Å²) in [7, 11) is 0. The quantitative estimate of drug-likeness (QED) is 0.261. The van der Waals surface area contributed by atoms with Crippen molar-refractivity contribution in [3.63, 3.8) is 0 Å². The van der Waals surface area contributed by atoms with Gasteiger partial charge < -0.3 is 15.5 Å². The van der Waals surface area contributed by atoms with Gasteiger partial charge in [0.25, 0.3) is 0 Å². The minimum absolute atomic E-state index is 0.0510. The van der Waals surface area contributed by atoms with E-state index in [1.54, 1.807) is 0 Å². The van der Waals surface area contributed by atoms with E-state index < -0.39 is 11.5 Å². The van der Waals surface area contributed by atoms with Crippen LogP contribution in [-0.4, -0.2) is 34.9 Å². The van der Waals surface area contributed by atoms with Crippen molar-refractivity contribution in [3.8, 4) is 0 Å². The molecule has 0 radical (unpaired) electrons. The second-order valence-corrected chi connectivity index (χ2v) is 8.03. The van der Waals surface area contributed by atoms with E-state index >= 15 is 0 Å². The van der Waals surface area contributed by atoms with Gasteiger partial charge in [-0.2, -0.15) is 0 Å². The van der Waals surface area contributed by atoms with Gasteiger partial charge in [-0.25, -0.2) is 0 Å². The number of aliphatic hydroxyl groups is 1.